The molecule has 1 N–H and O–H groups in total. The summed E-state index contributed by atoms with van der Waals surface area (Å²) in [5.41, 5.74) is 2.03. The number of thiazole rings is 1. The number of nitrogens with zero attached hydrogens (tertiary/aromatic N) is 1. The van der Waals surface area contributed by atoms with Crippen LogP contribution in [-0.4, -0.2) is 17.5 Å². The van der Waals surface area contributed by atoms with Crippen molar-refractivity contribution >= 4 is 44.2 Å². The maximum atomic E-state index is 12.0. The number of nitrogens with one attached hydrogen (secondary N) is 1. The molecule has 0 fully saturated rings. The highest BCUT2D eigenvalue weighted by Gasteiger charge is 2.09. The molecule has 0 atom stereocenters. The number of hydrogen-bond donors (Lipinski definition) is 1. The lowest BCUT2D eigenvalue weighted by Gasteiger charge is -2.07. The molecule has 1 heterocycles. The highest BCUT2D eigenvalue weighted by molar-refractivity contribution is 7.22. The second kappa shape index (κ2) is 6.98. The smallest absolute Gasteiger partial charge is 0.229 e. The van der Waals surface area contributed by atoms with Gasteiger partial charge < -0.3 is 10.1 Å². The predicted molar refractivity (Wildman–Crippen MR) is 94.6 cm³/mol. The van der Waals surface area contributed by atoms with E-state index in [-0.39, 0.29) is 18.9 Å². The van der Waals surface area contributed by atoms with Gasteiger partial charge in [0.25, 0.3) is 0 Å². The van der Waals surface area contributed by atoms with Crippen LogP contribution in [0.15, 0.2) is 42.5 Å². The predicted octanol–water partition coefficient (Wildman–Crippen LogP) is 4.67. The number of amides is 1. The molecule has 0 aliphatic rings. The molecule has 1 amide bonds. The van der Waals surface area contributed by atoms with E-state index >= 15 is 0 Å². The van der Waals surface area contributed by atoms with Gasteiger partial charge in [0, 0.05) is 0 Å². The highest BCUT2D eigenvalue weighted by atomic mass is 35.5. The summed E-state index contributed by atoms with van der Waals surface area (Å²) < 4.78 is 6.58. The lowest BCUT2D eigenvalue weighted by molar-refractivity contribution is -0.116. The Balaban J connectivity index is 1.56. The molecule has 0 bridgehead atoms. The van der Waals surface area contributed by atoms with Crippen molar-refractivity contribution in [3.63, 3.8) is 0 Å². The zero-order chi connectivity index (χ0) is 16.2. The van der Waals surface area contributed by atoms with Gasteiger partial charge in [-0.1, -0.05) is 47.2 Å². The monoisotopic (exact) mass is 346 g/mol. The third-order valence-electron chi connectivity index (χ3n) is 3.29. The molecule has 1 aromatic heterocycles. The van der Waals surface area contributed by atoms with Gasteiger partial charge in [-0.2, -0.15) is 0 Å². The van der Waals surface area contributed by atoms with E-state index < -0.39 is 0 Å². The number of fused-ring (bicyclic) bond motifs is 1. The number of halogens is 1. The summed E-state index contributed by atoms with van der Waals surface area (Å²) in [7, 11) is 0. The van der Waals surface area contributed by atoms with Crippen LogP contribution >= 0.6 is 22.9 Å². The Morgan fingerprint density at radius 1 is 1.26 bits per heavy atom. The first-order valence-corrected chi connectivity index (χ1v) is 8.36. The van der Waals surface area contributed by atoms with E-state index in [0.717, 1.165) is 15.8 Å². The number of ether oxygens (including phenoxy) is 1. The van der Waals surface area contributed by atoms with Crippen molar-refractivity contribution in [2.75, 3.05) is 11.9 Å². The zero-order valence-electron chi connectivity index (χ0n) is 12.5. The van der Waals surface area contributed by atoms with E-state index in [0.29, 0.717) is 15.9 Å². The quantitative estimate of drug-likeness (QED) is 0.730. The topological polar surface area (TPSA) is 51.2 Å². The molecule has 0 saturated heterocycles. The second-order valence-electron chi connectivity index (χ2n) is 5.02. The van der Waals surface area contributed by atoms with Crippen molar-refractivity contribution in [3.8, 4) is 5.75 Å². The van der Waals surface area contributed by atoms with E-state index in [1.807, 2.05) is 37.3 Å². The number of carbonyl (C=O) groups is 1. The molecule has 0 radical (unpaired) electrons. The van der Waals surface area contributed by atoms with Crippen molar-refractivity contribution in [2.24, 2.45) is 0 Å². The van der Waals surface area contributed by atoms with Crippen LogP contribution in [0.25, 0.3) is 10.2 Å². The highest BCUT2D eigenvalue weighted by Crippen LogP contribution is 2.28. The molecule has 118 valence electrons. The number of carbonyl (C=O) groups excluding carboxylic acids is 1. The van der Waals surface area contributed by atoms with E-state index in [2.05, 4.69) is 10.3 Å². The molecule has 0 aliphatic heterocycles. The number of anilines is 1. The Morgan fingerprint density at radius 3 is 2.87 bits per heavy atom. The fourth-order valence-electron chi connectivity index (χ4n) is 2.14. The number of benzene rings is 2. The Bertz CT molecular complexity index is 847. The van der Waals surface area contributed by atoms with Crippen LogP contribution in [0.3, 0.4) is 0 Å². The van der Waals surface area contributed by atoms with Gasteiger partial charge in [-0.3, -0.25) is 4.79 Å². The van der Waals surface area contributed by atoms with Gasteiger partial charge in [-0.25, -0.2) is 4.98 Å². The van der Waals surface area contributed by atoms with Gasteiger partial charge in [0.1, 0.15) is 5.75 Å². The van der Waals surface area contributed by atoms with Crippen LogP contribution in [0.5, 0.6) is 5.75 Å². The van der Waals surface area contributed by atoms with Gasteiger partial charge in [0.15, 0.2) is 5.13 Å². The Kier molecular flexibility index (Phi) is 4.79. The molecular weight excluding hydrogens is 332 g/mol. The van der Waals surface area contributed by atoms with Crippen molar-refractivity contribution in [1.82, 2.24) is 4.98 Å². The lowest BCUT2D eigenvalue weighted by atomic mass is 10.2. The number of rotatable bonds is 5. The molecule has 6 heteroatoms. The van der Waals surface area contributed by atoms with Crippen molar-refractivity contribution in [1.29, 1.82) is 0 Å². The summed E-state index contributed by atoms with van der Waals surface area (Å²) in [6, 6.07) is 13.2. The minimum absolute atomic E-state index is 0.131. The molecule has 23 heavy (non-hydrogen) atoms. The molecule has 0 unspecified atom stereocenters. The molecule has 0 saturated carbocycles. The van der Waals surface area contributed by atoms with E-state index in [1.54, 1.807) is 12.1 Å². The third kappa shape index (κ3) is 3.81. The summed E-state index contributed by atoms with van der Waals surface area (Å²) in [5, 5.41) is 3.96. The molecule has 2 aromatic carbocycles. The van der Waals surface area contributed by atoms with Crippen LogP contribution < -0.4 is 10.1 Å². The standard InChI is InChI=1S/C17H15ClN2O2S/c1-11-5-4-8-14-16(11)20-17(23-14)19-15(21)9-10-22-13-7-3-2-6-12(13)18/h2-8H,9-10H2,1H3,(H,19,20,21). The molecule has 0 spiro atoms. The molecular formula is C17H15ClN2O2S. The minimum atomic E-state index is -0.131. The van der Waals surface area contributed by atoms with Crippen LogP contribution in [0.1, 0.15) is 12.0 Å². The fraction of sp³-hybridized carbons (Fsp3) is 0.176. The fourth-order valence-corrected chi connectivity index (χ4v) is 3.29. The van der Waals surface area contributed by atoms with Crippen LogP contribution in [0.4, 0.5) is 5.13 Å². The van der Waals surface area contributed by atoms with Crippen LogP contribution in [0.2, 0.25) is 5.02 Å². The average molecular weight is 347 g/mol. The van der Waals surface area contributed by atoms with Gasteiger partial charge in [-0.05, 0) is 30.7 Å². The maximum Gasteiger partial charge on any atom is 0.229 e. The summed E-state index contributed by atoms with van der Waals surface area (Å²) in [4.78, 5) is 16.4. The van der Waals surface area contributed by atoms with Crippen molar-refractivity contribution in [2.45, 2.75) is 13.3 Å². The van der Waals surface area contributed by atoms with E-state index in [9.17, 15) is 4.79 Å². The van der Waals surface area contributed by atoms with Crippen molar-refractivity contribution < 1.29 is 9.53 Å². The van der Waals surface area contributed by atoms with Crippen molar-refractivity contribution in [3.05, 3.63) is 53.1 Å². The van der Waals surface area contributed by atoms with E-state index in [4.69, 9.17) is 16.3 Å². The number of para-hydroxylation sites is 2. The summed E-state index contributed by atoms with van der Waals surface area (Å²) in [5.74, 6) is 0.450. The van der Waals surface area contributed by atoms with Crippen LogP contribution in [0, 0.1) is 6.92 Å². The minimum Gasteiger partial charge on any atom is -0.491 e. The molecule has 0 aliphatic carbocycles. The molecule has 4 nitrogen and oxygen atoms in total. The number of aryl methyl sites for hydroxylation is 1. The number of aromatic nitrogens is 1. The van der Waals surface area contributed by atoms with Gasteiger partial charge in [-0.15, -0.1) is 0 Å². The van der Waals surface area contributed by atoms with Gasteiger partial charge in [0.2, 0.25) is 5.91 Å². The van der Waals surface area contributed by atoms with E-state index in [1.165, 1.54) is 11.3 Å². The Morgan fingerprint density at radius 2 is 2.09 bits per heavy atom. The molecule has 3 aromatic rings. The van der Waals surface area contributed by atoms with Crippen LogP contribution in [-0.2, 0) is 4.79 Å². The second-order valence-corrected chi connectivity index (χ2v) is 6.46. The largest absolute Gasteiger partial charge is 0.491 e. The summed E-state index contributed by atoms with van der Waals surface area (Å²) in [6.45, 7) is 2.27. The van der Waals surface area contributed by atoms with Gasteiger partial charge >= 0.3 is 0 Å². The number of hydrogen-bond acceptors (Lipinski definition) is 4. The summed E-state index contributed by atoms with van der Waals surface area (Å²) >= 11 is 7.46. The third-order valence-corrected chi connectivity index (χ3v) is 4.54. The lowest BCUT2D eigenvalue weighted by Crippen LogP contribution is -2.15. The first-order chi connectivity index (χ1) is 11.1. The molecule has 3 rings (SSSR count). The maximum absolute atomic E-state index is 12.0. The average Bonchev–Trinajstić information content (AvgIpc) is 2.93. The first kappa shape index (κ1) is 15.8. The first-order valence-electron chi connectivity index (χ1n) is 7.17. The zero-order valence-corrected chi connectivity index (χ0v) is 14.1. The Hall–Kier alpha value is -2.11. The normalized spacial score (nSPS) is 10.7. The summed E-state index contributed by atoms with van der Waals surface area (Å²) in [6.07, 6.45) is 0.236. The Labute approximate surface area is 143 Å². The SMILES string of the molecule is Cc1cccc2sc(NC(=O)CCOc3ccccc3Cl)nc12. The van der Waals surface area contributed by atoms with Gasteiger partial charge in [0.05, 0.1) is 28.3 Å².